The van der Waals surface area contributed by atoms with Gasteiger partial charge in [-0.05, 0) is 55.7 Å². The average Bonchev–Trinajstić information content (AvgIpc) is 3.10. The maximum Gasteiger partial charge on any atom is 0.228 e. The van der Waals surface area contributed by atoms with Crippen molar-refractivity contribution in [2.24, 2.45) is 11.8 Å². The summed E-state index contributed by atoms with van der Waals surface area (Å²) in [6.45, 7) is 6.19. The van der Waals surface area contributed by atoms with Crippen molar-refractivity contribution in [3.8, 4) is 0 Å². The van der Waals surface area contributed by atoms with E-state index >= 15 is 0 Å². The highest BCUT2D eigenvalue weighted by Crippen LogP contribution is 2.32. The summed E-state index contributed by atoms with van der Waals surface area (Å²) in [6.07, 6.45) is 3.51. The van der Waals surface area contributed by atoms with Crippen LogP contribution < -0.4 is 4.90 Å². The van der Waals surface area contributed by atoms with Crippen molar-refractivity contribution < 1.29 is 9.59 Å². The van der Waals surface area contributed by atoms with Crippen LogP contribution in [0.5, 0.6) is 0 Å². The molecule has 0 N–H and O–H groups in total. The number of aryl methyl sites for hydroxylation is 2. The van der Waals surface area contributed by atoms with Crippen LogP contribution in [-0.2, 0) is 16.0 Å². The van der Waals surface area contributed by atoms with E-state index in [1.165, 1.54) is 5.56 Å². The quantitative estimate of drug-likeness (QED) is 0.787. The Morgan fingerprint density at radius 1 is 0.966 bits per heavy atom. The molecule has 2 aromatic carbocycles. The molecule has 4 nitrogen and oxygen atoms in total. The van der Waals surface area contributed by atoms with Crippen LogP contribution in [0.3, 0.4) is 0 Å². The summed E-state index contributed by atoms with van der Waals surface area (Å²) in [5.74, 6) is 0.648. The van der Waals surface area contributed by atoms with E-state index in [1.807, 2.05) is 41.8 Å². The van der Waals surface area contributed by atoms with Gasteiger partial charge in [0.15, 0.2) is 0 Å². The first kappa shape index (κ1) is 19.7. The maximum absolute atomic E-state index is 13.1. The van der Waals surface area contributed by atoms with Crippen LogP contribution in [0.1, 0.15) is 36.0 Å². The molecule has 4 rings (SSSR count). The molecule has 0 saturated carbocycles. The van der Waals surface area contributed by atoms with Gasteiger partial charge in [-0.15, -0.1) is 0 Å². The van der Waals surface area contributed by atoms with Crippen LogP contribution >= 0.6 is 0 Å². The molecule has 1 unspecified atom stereocenters. The second-order valence-corrected chi connectivity index (χ2v) is 8.60. The standard InChI is InChI=1S/C25H30N2O2/c1-18-7-6-8-19(2)24(18)27-17-22(16-23(27)28)25(29)26-13-11-21(12-14-26)15-20-9-4-3-5-10-20/h3-10,21-22H,11-17H2,1-2H3. The molecule has 2 fully saturated rings. The molecule has 0 spiro atoms. The Bertz CT molecular complexity index is 865. The molecule has 2 aliphatic rings. The SMILES string of the molecule is Cc1cccc(C)c1N1CC(C(=O)N2CCC(Cc3ccccc3)CC2)CC1=O. The summed E-state index contributed by atoms with van der Waals surface area (Å²) in [5, 5.41) is 0. The lowest BCUT2D eigenvalue weighted by Crippen LogP contribution is -2.42. The number of hydrogen-bond donors (Lipinski definition) is 0. The number of carbonyl (C=O) groups is 2. The van der Waals surface area contributed by atoms with Crippen molar-refractivity contribution in [3.63, 3.8) is 0 Å². The summed E-state index contributed by atoms with van der Waals surface area (Å²) >= 11 is 0. The Kier molecular flexibility index (Phi) is 5.70. The van der Waals surface area contributed by atoms with Crippen LogP contribution in [0, 0.1) is 25.7 Å². The molecule has 152 valence electrons. The molecule has 2 saturated heterocycles. The molecule has 1 atom stereocenters. The zero-order valence-corrected chi connectivity index (χ0v) is 17.4. The van der Waals surface area contributed by atoms with Gasteiger partial charge in [-0.3, -0.25) is 9.59 Å². The summed E-state index contributed by atoms with van der Waals surface area (Å²) in [6, 6.07) is 16.7. The fourth-order valence-corrected chi connectivity index (χ4v) is 4.88. The Morgan fingerprint density at radius 3 is 2.28 bits per heavy atom. The number of amides is 2. The monoisotopic (exact) mass is 390 g/mol. The summed E-state index contributed by atoms with van der Waals surface area (Å²) in [7, 11) is 0. The van der Waals surface area contributed by atoms with Crippen molar-refractivity contribution in [1.29, 1.82) is 0 Å². The Balaban J connectivity index is 1.35. The van der Waals surface area contributed by atoms with Gasteiger partial charge >= 0.3 is 0 Å². The second kappa shape index (κ2) is 8.40. The van der Waals surface area contributed by atoms with E-state index < -0.39 is 0 Å². The van der Waals surface area contributed by atoms with Crippen LogP contribution in [0.15, 0.2) is 48.5 Å². The van der Waals surface area contributed by atoms with Crippen LogP contribution in [0.4, 0.5) is 5.69 Å². The highest BCUT2D eigenvalue weighted by Gasteiger charge is 2.38. The fraction of sp³-hybridized carbons (Fsp3) is 0.440. The van der Waals surface area contributed by atoms with Gasteiger partial charge in [0.2, 0.25) is 11.8 Å². The van der Waals surface area contributed by atoms with E-state index in [0.717, 1.165) is 49.2 Å². The minimum Gasteiger partial charge on any atom is -0.342 e. The van der Waals surface area contributed by atoms with Gasteiger partial charge in [0.1, 0.15) is 0 Å². The molecular weight excluding hydrogens is 360 g/mol. The Morgan fingerprint density at radius 2 is 1.62 bits per heavy atom. The van der Waals surface area contributed by atoms with E-state index in [0.29, 0.717) is 18.9 Å². The lowest BCUT2D eigenvalue weighted by molar-refractivity contribution is -0.137. The maximum atomic E-state index is 13.1. The van der Waals surface area contributed by atoms with Gasteiger partial charge in [0, 0.05) is 31.7 Å². The van der Waals surface area contributed by atoms with Crippen molar-refractivity contribution in [2.45, 2.75) is 39.5 Å². The van der Waals surface area contributed by atoms with Crippen molar-refractivity contribution in [2.75, 3.05) is 24.5 Å². The van der Waals surface area contributed by atoms with Gasteiger partial charge < -0.3 is 9.80 Å². The van der Waals surface area contributed by atoms with Crippen molar-refractivity contribution in [1.82, 2.24) is 4.90 Å². The molecule has 0 bridgehead atoms. The van der Waals surface area contributed by atoms with Gasteiger partial charge in [-0.1, -0.05) is 48.5 Å². The normalized spacial score (nSPS) is 20.3. The number of para-hydroxylation sites is 1. The van der Waals surface area contributed by atoms with Crippen LogP contribution in [0.25, 0.3) is 0 Å². The lowest BCUT2D eigenvalue weighted by Gasteiger charge is -2.33. The van der Waals surface area contributed by atoms with Gasteiger partial charge in [0.25, 0.3) is 0 Å². The van der Waals surface area contributed by atoms with Crippen molar-refractivity contribution in [3.05, 3.63) is 65.2 Å². The van der Waals surface area contributed by atoms with E-state index in [4.69, 9.17) is 0 Å². The number of nitrogens with zero attached hydrogens (tertiary/aromatic N) is 2. The molecule has 2 heterocycles. The van der Waals surface area contributed by atoms with Crippen LogP contribution in [-0.4, -0.2) is 36.3 Å². The van der Waals surface area contributed by atoms with Gasteiger partial charge in [-0.2, -0.15) is 0 Å². The summed E-state index contributed by atoms with van der Waals surface area (Å²) in [5.41, 5.74) is 4.54. The molecule has 2 amide bonds. The second-order valence-electron chi connectivity index (χ2n) is 8.60. The smallest absolute Gasteiger partial charge is 0.228 e. The number of rotatable bonds is 4. The van der Waals surface area contributed by atoms with Gasteiger partial charge in [-0.25, -0.2) is 0 Å². The fourth-order valence-electron chi connectivity index (χ4n) is 4.88. The first-order chi connectivity index (χ1) is 14.0. The van der Waals surface area contributed by atoms with Gasteiger partial charge in [0.05, 0.1) is 5.92 Å². The zero-order chi connectivity index (χ0) is 20.4. The number of likely N-dealkylation sites (tertiary alicyclic amines) is 1. The lowest BCUT2D eigenvalue weighted by atomic mass is 9.89. The minimum atomic E-state index is -0.216. The number of benzene rings is 2. The summed E-state index contributed by atoms with van der Waals surface area (Å²) in [4.78, 5) is 29.6. The average molecular weight is 391 g/mol. The molecule has 2 aromatic rings. The summed E-state index contributed by atoms with van der Waals surface area (Å²) < 4.78 is 0. The number of hydrogen-bond acceptors (Lipinski definition) is 2. The largest absolute Gasteiger partial charge is 0.342 e. The van der Waals surface area contributed by atoms with Crippen LogP contribution in [0.2, 0.25) is 0 Å². The Labute approximate surface area is 173 Å². The predicted molar refractivity (Wildman–Crippen MR) is 116 cm³/mol. The number of anilines is 1. The number of piperidine rings is 1. The molecule has 0 aromatic heterocycles. The number of carbonyl (C=O) groups excluding carboxylic acids is 2. The molecule has 29 heavy (non-hydrogen) atoms. The van der Waals surface area contributed by atoms with Crippen molar-refractivity contribution >= 4 is 17.5 Å². The minimum absolute atomic E-state index is 0.0692. The zero-order valence-electron chi connectivity index (χ0n) is 17.4. The highest BCUT2D eigenvalue weighted by atomic mass is 16.2. The molecule has 0 aliphatic carbocycles. The Hall–Kier alpha value is -2.62. The first-order valence-corrected chi connectivity index (χ1v) is 10.7. The first-order valence-electron chi connectivity index (χ1n) is 10.7. The third kappa shape index (κ3) is 4.21. The third-order valence-electron chi connectivity index (χ3n) is 6.48. The molecule has 2 aliphatic heterocycles. The van der Waals surface area contributed by atoms with E-state index in [2.05, 4.69) is 30.3 Å². The predicted octanol–water partition coefficient (Wildman–Crippen LogP) is 4.14. The van der Waals surface area contributed by atoms with E-state index in [9.17, 15) is 9.59 Å². The van der Waals surface area contributed by atoms with E-state index in [1.54, 1.807) is 0 Å². The molecule has 4 heteroatoms. The third-order valence-corrected chi connectivity index (χ3v) is 6.48. The van der Waals surface area contributed by atoms with E-state index in [-0.39, 0.29) is 17.7 Å². The molecule has 0 radical (unpaired) electrons. The molecular formula is C25H30N2O2. The topological polar surface area (TPSA) is 40.6 Å². The highest BCUT2D eigenvalue weighted by molar-refractivity contribution is 6.01.